The van der Waals surface area contributed by atoms with Crippen molar-refractivity contribution < 1.29 is 24.2 Å². The van der Waals surface area contributed by atoms with Gasteiger partial charge < -0.3 is 20.9 Å². The predicted octanol–water partition coefficient (Wildman–Crippen LogP) is 16.2. The van der Waals surface area contributed by atoms with Crippen LogP contribution in [0.3, 0.4) is 0 Å². The van der Waals surface area contributed by atoms with Crippen molar-refractivity contribution >= 4 is 17.8 Å². The van der Waals surface area contributed by atoms with E-state index in [1.807, 2.05) is 0 Å². The summed E-state index contributed by atoms with van der Waals surface area (Å²) in [5.74, 6) is -1.21. The zero-order valence-electron chi connectivity index (χ0n) is 40.8. The molecule has 0 bridgehead atoms. The first-order valence-electron chi connectivity index (χ1n) is 27.0. The second kappa shape index (κ2) is 49.1. The lowest BCUT2D eigenvalue weighted by atomic mass is 10.0. The Morgan fingerprint density at radius 3 is 1.18 bits per heavy atom. The number of unbranched alkanes of at least 4 members (excludes halogenated alkanes) is 34. The maximum Gasteiger partial charge on any atom is 0.326 e. The number of carbonyl (C=O) groups excluding carboxylic acids is 2. The van der Waals surface area contributed by atoms with Crippen molar-refractivity contribution in [3.8, 4) is 0 Å². The molecule has 0 radical (unpaired) electrons. The molecule has 0 fully saturated rings. The van der Waals surface area contributed by atoms with Gasteiger partial charge in [0.05, 0.1) is 0 Å². The van der Waals surface area contributed by atoms with Crippen molar-refractivity contribution in [3.05, 3.63) is 12.2 Å². The van der Waals surface area contributed by atoms with Crippen LogP contribution in [0.15, 0.2) is 12.2 Å². The molecule has 0 spiro atoms. The summed E-state index contributed by atoms with van der Waals surface area (Å²) in [6.07, 6.45) is 57.1. The summed E-state index contributed by atoms with van der Waals surface area (Å²) >= 11 is 0. The molecule has 7 heteroatoms. The molecule has 0 aromatic rings. The number of hydrogen-bond donors (Lipinski definition) is 3. The highest BCUT2D eigenvalue weighted by molar-refractivity contribution is 5.83. The minimum Gasteiger partial charge on any atom is -0.480 e. The molecular weight excluding hydrogens is 757 g/mol. The molecule has 7 nitrogen and oxygen atoms in total. The summed E-state index contributed by atoms with van der Waals surface area (Å²) in [4.78, 5) is 36.6. The van der Waals surface area contributed by atoms with Gasteiger partial charge in [0.2, 0.25) is 5.91 Å². The van der Waals surface area contributed by atoms with Crippen LogP contribution in [-0.4, -0.2) is 41.6 Å². The number of carbonyl (C=O) groups is 3. The number of ether oxygens (including phenoxy) is 1. The summed E-state index contributed by atoms with van der Waals surface area (Å²) in [6, 6.07) is -0.854. The fraction of sp³-hybridized carbons (Fsp3) is 0.907. The van der Waals surface area contributed by atoms with Gasteiger partial charge >= 0.3 is 11.9 Å². The number of esters is 1. The first kappa shape index (κ1) is 59.1. The molecule has 0 aromatic carbocycles. The van der Waals surface area contributed by atoms with Gasteiger partial charge in [-0.2, -0.15) is 0 Å². The minimum atomic E-state index is -1.000. The number of rotatable bonds is 50. The van der Waals surface area contributed by atoms with E-state index in [-0.39, 0.29) is 18.0 Å². The highest BCUT2D eigenvalue weighted by Crippen LogP contribution is 2.20. The van der Waals surface area contributed by atoms with Crippen molar-refractivity contribution in [2.24, 2.45) is 5.73 Å². The fourth-order valence-electron chi connectivity index (χ4n) is 8.51. The Kier molecular flexibility index (Phi) is 47.6. The van der Waals surface area contributed by atoms with Gasteiger partial charge in [-0.05, 0) is 83.6 Å². The molecule has 0 aliphatic rings. The Morgan fingerprint density at radius 1 is 0.459 bits per heavy atom. The summed E-state index contributed by atoms with van der Waals surface area (Å²) in [5, 5.41) is 12.0. The minimum absolute atomic E-state index is 0.0138. The number of nitrogens with two attached hydrogens (primary N) is 1. The SMILES string of the molecule is CCCCCCCCCC/C=C\CCCCCCCCCCCCCC(=O)OC(CCCCCCCCCCCCCC)CCCCCCCC(=O)NC(CCCN)C(=O)O. The summed E-state index contributed by atoms with van der Waals surface area (Å²) in [6.45, 7) is 4.98. The van der Waals surface area contributed by atoms with Gasteiger partial charge in [-0.3, -0.25) is 9.59 Å². The first-order chi connectivity index (χ1) is 29.9. The summed E-state index contributed by atoms with van der Waals surface area (Å²) < 4.78 is 6.09. The van der Waals surface area contributed by atoms with E-state index in [9.17, 15) is 19.5 Å². The van der Waals surface area contributed by atoms with Gasteiger partial charge in [-0.1, -0.05) is 219 Å². The molecule has 61 heavy (non-hydrogen) atoms. The number of aliphatic carboxylic acids is 1. The van der Waals surface area contributed by atoms with Crippen LogP contribution in [0.25, 0.3) is 0 Å². The largest absolute Gasteiger partial charge is 0.480 e. The number of hydrogen-bond acceptors (Lipinski definition) is 5. The molecule has 2 unspecified atom stereocenters. The zero-order chi connectivity index (χ0) is 44.5. The summed E-state index contributed by atoms with van der Waals surface area (Å²) in [7, 11) is 0. The summed E-state index contributed by atoms with van der Waals surface area (Å²) in [5.41, 5.74) is 5.50. The number of amides is 1. The van der Waals surface area contributed by atoms with Gasteiger partial charge in [0.1, 0.15) is 12.1 Å². The van der Waals surface area contributed by atoms with Crippen molar-refractivity contribution in [2.45, 2.75) is 309 Å². The van der Waals surface area contributed by atoms with Crippen molar-refractivity contribution in [3.63, 3.8) is 0 Å². The Hall–Kier alpha value is -1.89. The Balaban J connectivity index is 4.14. The Bertz CT molecular complexity index is 971. The van der Waals surface area contributed by atoms with Crippen LogP contribution in [0, 0.1) is 0 Å². The molecule has 2 atom stereocenters. The molecule has 0 rings (SSSR count). The second-order valence-corrected chi connectivity index (χ2v) is 18.6. The van der Waals surface area contributed by atoms with Crippen molar-refractivity contribution in [1.82, 2.24) is 5.32 Å². The second-order valence-electron chi connectivity index (χ2n) is 18.6. The maximum atomic E-state index is 12.9. The zero-order valence-corrected chi connectivity index (χ0v) is 40.8. The number of carboxylic acid groups (broad SMARTS) is 1. The van der Waals surface area contributed by atoms with Crippen LogP contribution in [0.5, 0.6) is 0 Å². The third kappa shape index (κ3) is 45.9. The molecule has 0 saturated heterocycles. The molecule has 4 N–H and O–H groups in total. The monoisotopic (exact) mass is 861 g/mol. The molecule has 1 amide bonds. The molecule has 0 heterocycles. The predicted molar refractivity (Wildman–Crippen MR) is 262 cm³/mol. The lowest BCUT2D eigenvalue weighted by molar-refractivity contribution is -0.150. The van der Waals surface area contributed by atoms with Gasteiger partial charge in [-0.25, -0.2) is 4.79 Å². The van der Waals surface area contributed by atoms with E-state index in [1.54, 1.807) is 0 Å². The number of allylic oxidation sites excluding steroid dienone is 2. The standard InChI is InChI=1S/C54H104N2O5/c1-3-5-7-9-11-13-15-17-18-19-20-21-22-23-24-25-26-27-29-31-33-38-42-48-53(58)61-50(44-39-35-32-30-28-16-14-12-10-8-6-4-2)45-40-36-34-37-41-47-52(57)56-51(54(59)60)46-43-49-55/h19-20,50-51H,3-18,21-49,55H2,1-2H3,(H,56,57)(H,59,60)/b20-19-. The Morgan fingerprint density at radius 2 is 0.803 bits per heavy atom. The van der Waals surface area contributed by atoms with E-state index in [2.05, 4.69) is 31.3 Å². The van der Waals surface area contributed by atoms with Gasteiger partial charge in [0.15, 0.2) is 0 Å². The number of nitrogens with one attached hydrogen (secondary N) is 1. The topological polar surface area (TPSA) is 119 Å². The third-order valence-corrected chi connectivity index (χ3v) is 12.6. The quantitative estimate of drug-likeness (QED) is 0.0318. The van der Waals surface area contributed by atoms with Crippen LogP contribution in [0.1, 0.15) is 296 Å². The van der Waals surface area contributed by atoms with Crippen LogP contribution in [0.2, 0.25) is 0 Å². The molecule has 0 saturated carbocycles. The smallest absolute Gasteiger partial charge is 0.326 e. The highest BCUT2D eigenvalue weighted by atomic mass is 16.5. The normalized spacial score (nSPS) is 12.6. The van der Waals surface area contributed by atoms with Crippen LogP contribution >= 0.6 is 0 Å². The van der Waals surface area contributed by atoms with E-state index < -0.39 is 12.0 Å². The van der Waals surface area contributed by atoms with E-state index >= 15 is 0 Å². The van der Waals surface area contributed by atoms with Gasteiger partial charge in [0, 0.05) is 12.8 Å². The molecule has 0 aliphatic carbocycles. The van der Waals surface area contributed by atoms with E-state index in [0.717, 1.165) is 64.2 Å². The van der Waals surface area contributed by atoms with E-state index in [1.165, 1.54) is 193 Å². The third-order valence-electron chi connectivity index (χ3n) is 12.6. The van der Waals surface area contributed by atoms with E-state index in [4.69, 9.17) is 10.5 Å². The van der Waals surface area contributed by atoms with Crippen LogP contribution in [-0.2, 0) is 19.1 Å². The van der Waals surface area contributed by atoms with Gasteiger partial charge in [-0.15, -0.1) is 0 Å². The first-order valence-corrected chi connectivity index (χ1v) is 27.0. The molecule has 0 aliphatic heterocycles. The Labute approximate surface area is 379 Å². The van der Waals surface area contributed by atoms with Crippen LogP contribution < -0.4 is 11.1 Å². The average molecular weight is 861 g/mol. The lowest BCUT2D eigenvalue weighted by Gasteiger charge is -2.18. The van der Waals surface area contributed by atoms with Crippen LogP contribution in [0.4, 0.5) is 0 Å². The highest BCUT2D eigenvalue weighted by Gasteiger charge is 2.19. The van der Waals surface area contributed by atoms with Crippen molar-refractivity contribution in [2.75, 3.05) is 6.54 Å². The molecule has 360 valence electrons. The van der Waals surface area contributed by atoms with Crippen molar-refractivity contribution in [1.29, 1.82) is 0 Å². The van der Waals surface area contributed by atoms with E-state index in [0.29, 0.717) is 32.2 Å². The van der Waals surface area contributed by atoms with Gasteiger partial charge in [0.25, 0.3) is 0 Å². The number of carboxylic acids is 1. The maximum absolute atomic E-state index is 12.9. The molecule has 0 aromatic heterocycles. The molecular formula is C54H104N2O5. The average Bonchev–Trinajstić information content (AvgIpc) is 3.25. The fourth-order valence-corrected chi connectivity index (χ4v) is 8.51. The lowest BCUT2D eigenvalue weighted by Crippen LogP contribution is -2.40.